The lowest BCUT2D eigenvalue weighted by molar-refractivity contribution is -0.139. The SMILES string of the molecule is CCN(CC1CCC1)C(=O)NC(=O)CC(C)(C)CC(=O)O. The molecule has 3 amide bonds. The van der Waals surface area contributed by atoms with Gasteiger partial charge in [0.2, 0.25) is 5.91 Å². The van der Waals surface area contributed by atoms with Crippen LogP contribution in [-0.2, 0) is 9.59 Å². The molecule has 0 aromatic rings. The van der Waals surface area contributed by atoms with Crippen molar-refractivity contribution >= 4 is 17.9 Å². The largest absolute Gasteiger partial charge is 0.481 e. The lowest BCUT2D eigenvalue weighted by Gasteiger charge is -2.31. The Balaban J connectivity index is 2.44. The molecule has 21 heavy (non-hydrogen) atoms. The Bertz CT molecular complexity index is 402. The topological polar surface area (TPSA) is 86.7 Å². The molecule has 0 saturated heterocycles. The predicted octanol–water partition coefficient (Wildman–Crippen LogP) is 2.24. The summed E-state index contributed by atoms with van der Waals surface area (Å²) < 4.78 is 0. The summed E-state index contributed by atoms with van der Waals surface area (Å²) in [5.41, 5.74) is -0.665. The van der Waals surface area contributed by atoms with E-state index < -0.39 is 17.3 Å². The Labute approximate surface area is 125 Å². The number of rotatable bonds is 7. The van der Waals surface area contributed by atoms with Crippen molar-refractivity contribution in [2.24, 2.45) is 11.3 Å². The molecule has 0 bridgehead atoms. The van der Waals surface area contributed by atoms with Crippen LogP contribution in [0.1, 0.15) is 52.9 Å². The number of nitrogens with one attached hydrogen (secondary N) is 1. The molecule has 6 nitrogen and oxygen atoms in total. The fourth-order valence-corrected chi connectivity index (χ4v) is 2.49. The Hall–Kier alpha value is -1.59. The van der Waals surface area contributed by atoms with Gasteiger partial charge in [-0.25, -0.2) is 4.79 Å². The second kappa shape index (κ2) is 7.43. The Morgan fingerprint density at radius 2 is 1.86 bits per heavy atom. The first kappa shape index (κ1) is 17.5. The van der Waals surface area contributed by atoms with Crippen molar-refractivity contribution in [2.45, 2.75) is 52.9 Å². The van der Waals surface area contributed by atoms with E-state index in [0.29, 0.717) is 19.0 Å². The monoisotopic (exact) mass is 298 g/mol. The number of amides is 3. The quantitative estimate of drug-likeness (QED) is 0.754. The Kier molecular flexibility index (Phi) is 6.18. The van der Waals surface area contributed by atoms with Gasteiger partial charge in [-0.15, -0.1) is 0 Å². The molecule has 0 heterocycles. The van der Waals surface area contributed by atoms with Crippen LogP contribution in [0.3, 0.4) is 0 Å². The van der Waals surface area contributed by atoms with E-state index in [1.165, 1.54) is 6.42 Å². The summed E-state index contributed by atoms with van der Waals surface area (Å²) >= 11 is 0. The van der Waals surface area contributed by atoms with E-state index in [2.05, 4.69) is 5.32 Å². The van der Waals surface area contributed by atoms with Crippen LogP contribution in [0.25, 0.3) is 0 Å². The number of carbonyl (C=O) groups excluding carboxylic acids is 2. The number of imide groups is 1. The summed E-state index contributed by atoms with van der Waals surface area (Å²) in [5, 5.41) is 11.2. The molecule has 1 aliphatic carbocycles. The van der Waals surface area contributed by atoms with Gasteiger partial charge in [-0.3, -0.25) is 14.9 Å². The fourth-order valence-electron chi connectivity index (χ4n) is 2.49. The molecule has 1 rings (SSSR count). The van der Waals surface area contributed by atoms with Crippen molar-refractivity contribution in [1.29, 1.82) is 0 Å². The molecular formula is C15H26N2O4. The highest BCUT2D eigenvalue weighted by Gasteiger charge is 2.28. The van der Waals surface area contributed by atoms with Gasteiger partial charge in [0.1, 0.15) is 0 Å². The maximum atomic E-state index is 12.0. The number of carbonyl (C=O) groups is 3. The molecule has 0 unspecified atom stereocenters. The normalized spacial score (nSPS) is 15.2. The number of aliphatic carboxylic acids is 1. The predicted molar refractivity (Wildman–Crippen MR) is 78.8 cm³/mol. The zero-order chi connectivity index (χ0) is 16.0. The van der Waals surface area contributed by atoms with Gasteiger partial charge in [0.25, 0.3) is 0 Å². The molecule has 1 aliphatic rings. The van der Waals surface area contributed by atoms with Crippen LogP contribution in [-0.4, -0.2) is 41.0 Å². The first-order valence-corrected chi connectivity index (χ1v) is 7.54. The van der Waals surface area contributed by atoms with Gasteiger partial charge in [0.15, 0.2) is 0 Å². The highest BCUT2D eigenvalue weighted by atomic mass is 16.4. The van der Waals surface area contributed by atoms with Crippen LogP contribution in [0.2, 0.25) is 0 Å². The van der Waals surface area contributed by atoms with Crippen molar-refractivity contribution < 1.29 is 19.5 Å². The van der Waals surface area contributed by atoms with Crippen LogP contribution in [0.5, 0.6) is 0 Å². The molecule has 120 valence electrons. The minimum atomic E-state index is -0.945. The molecule has 1 fully saturated rings. The zero-order valence-electron chi connectivity index (χ0n) is 13.1. The van der Waals surface area contributed by atoms with Crippen molar-refractivity contribution in [3.05, 3.63) is 0 Å². The van der Waals surface area contributed by atoms with Crippen LogP contribution in [0.15, 0.2) is 0 Å². The summed E-state index contributed by atoms with van der Waals surface area (Å²) in [7, 11) is 0. The van der Waals surface area contributed by atoms with Gasteiger partial charge in [-0.05, 0) is 31.1 Å². The van der Waals surface area contributed by atoms with Gasteiger partial charge in [0.05, 0.1) is 6.42 Å². The summed E-state index contributed by atoms with van der Waals surface area (Å²) in [6.07, 6.45) is 3.42. The Morgan fingerprint density at radius 3 is 2.29 bits per heavy atom. The maximum Gasteiger partial charge on any atom is 0.324 e. The molecular weight excluding hydrogens is 272 g/mol. The number of nitrogens with zero attached hydrogens (tertiary/aromatic N) is 1. The molecule has 0 aliphatic heterocycles. The van der Waals surface area contributed by atoms with Gasteiger partial charge < -0.3 is 10.0 Å². The molecule has 6 heteroatoms. The minimum Gasteiger partial charge on any atom is -0.481 e. The third-order valence-electron chi connectivity index (χ3n) is 3.89. The third kappa shape index (κ3) is 6.14. The van der Waals surface area contributed by atoms with Crippen LogP contribution >= 0.6 is 0 Å². The van der Waals surface area contributed by atoms with E-state index >= 15 is 0 Å². The van der Waals surface area contributed by atoms with Crippen LogP contribution < -0.4 is 5.32 Å². The number of urea groups is 1. The Morgan fingerprint density at radius 1 is 1.24 bits per heavy atom. The number of hydrogen-bond donors (Lipinski definition) is 2. The van der Waals surface area contributed by atoms with Crippen molar-refractivity contribution in [1.82, 2.24) is 10.2 Å². The minimum absolute atomic E-state index is 0.0199. The van der Waals surface area contributed by atoms with Gasteiger partial charge in [0, 0.05) is 19.5 Å². The molecule has 1 saturated carbocycles. The van der Waals surface area contributed by atoms with Gasteiger partial charge in [-0.1, -0.05) is 20.3 Å². The van der Waals surface area contributed by atoms with Crippen molar-refractivity contribution in [2.75, 3.05) is 13.1 Å². The van der Waals surface area contributed by atoms with E-state index in [4.69, 9.17) is 5.11 Å². The number of hydrogen-bond acceptors (Lipinski definition) is 3. The molecule has 0 atom stereocenters. The standard InChI is InChI=1S/C15H26N2O4/c1-4-17(10-11-6-5-7-11)14(21)16-12(18)8-15(2,3)9-13(19)20/h11H,4-10H2,1-3H3,(H,19,20)(H,16,18,21). The zero-order valence-corrected chi connectivity index (χ0v) is 13.1. The average molecular weight is 298 g/mol. The highest BCUT2D eigenvalue weighted by Crippen LogP contribution is 2.27. The van der Waals surface area contributed by atoms with Crippen molar-refractivity contribution in [3.8, 4) is 0 Å². The lowest BCUT2D eigenvalue weighted by atomic mass is 9.85. The summed E-state index contributed by atoms with van der Waals surface area (Å²) in [4.78, 5) is 36.3. The van der Waals surface area contributed by atoms with E-state index in [-0.39, 0.29) is 18.9 Å². The first-order valence-electron chi connectivity index (χ1n) is 7.54. The van der Waals surface area contributed by atoms with E-state index in [0.717, 1.165) is 12.8 Å². The third-order valence-corrected chi connectivity index (χ3v) is 3.89. The second-order valence-corrected chi connectivity index (χ2v) is 6.60. The summed E-state index contributed by atoms with van der Waals surface area (Å²) in [5.74, 6) is -0.813. The van der Waals surface area contributed by atoms with Gasteiger partial charge >= 0.3 is 12.0 Å². The molecule has 0 aromatic heterocycles. The first-order chi connectivity index (χ1) is 9.73. The smallest absolute Gasteiger partial charge is 0.324 e. The lowest BCUT2D eigenvalue weighted by Crippen LogP contribution is -2.46. The molecule has 0 spiro atoms. The number of carboxylic acids is 1. The molecule has 0 radical (unpaired) electrons. The van der Waals surface area contributed by atoms with Crippen LogP contribution in [0.4, 0.5) is 4.79 Å². The number of carboxylic acid groups (broad SMARTS) is 1. The summed E-state index contributed by atoms with van der Waals surface area (Å²) in [6.45, 7) is 6.55. The van der Waals surface area contributed by atoms with Crippen molar-refractivity contribution in [3.63, 3.8) is 0 Å². The molecule has 0 aromatic carbocycles. The van der Waals surface area contributed by atoms with E-state index in [1.807, 2.05) is 6.92 Å². The average Bonchev–Trinajstić information content (AvgIpc) is 2.24. The van der Waals surface area contributed by atoms with E-state index in [9.17, 15) is 14.4 Å². The van der Waals surface area contributed by atoms with E-state index in [1.54, 1.807) is 18.7 Å². The van der Waals surface area contributed by atoms with Gasteiger partial charge in [-0.2, -0.15) is 0 Å². The second-order valence-electron chi connectivity index (χ2n) is 6.60. The highest BCUT2D eigenvalue weighted by molar-refractivity contribution is 5.94. The fraction of sp³-hybridized carbons (Fsp3) is 0.800. The summed E-state index contributed by atoms with van der Waals surface area (Å²) in [6, 6.07) is -0.375. The molecule has 2 N–H and O–H groups in total. The maximum absolute atomic E-state index is 12.0. The van der Waals surface area contributed by atoms with Crippen LogP contribution in [0, 0.1) is 11.3 Å².